The van der Waals surface area contributed by atoms with Crippen LogP contribution < -0.4 is 0 Å². The van der Waals surface area contributed by atoms with Crippen molar-refractivity contribution in [2.75, 3.05) is 43.9 Å². The number of carbonyl (C=O) groups is 1. The van der Waals surface area contributed by atoms with Gasteiger partial charge in [0.1, 0.15) is 0 Å². The number of fused-ring (bicyclic) bond motifs is 1. The second kappa shape index (κ2) is 6.22. The van der Waals surface area contributed by atoms with Gasteiger partial charge >= 0.3 is 0 Å². The summed E-state index contributed by atoms with van der Waals surface area (Å²) in [5, 5.41) is 0. The molecule has 2 saturated heterocycles. The van der Waals surface area contributed by atoms with Gasteiger partial charge in [-0.2, -0.15) is 0 Å². The molecule has 0 aromatic heterocycles. The molecular weight excluding hydrogens is 320 g/mol. The maximum Gasteiger partial charge on any atom is 0.255 e. The van der Waals surface area contributed by atoms with E-state index in [9.17, 15) is 13.2 Å². The smallest absolute Gasteiger partial charge is 0.255 e. The molecular formula is C15H20N2O3S2. The molecule has 7 heteroatoms. The molecule has 5 nitrogen and oxygen atoms in total. The molecule has 2 heterocycles. The molecule has 120 valence electrons. The first-order valence-corrected chi connectivity index (χ1v) is 10.4. The number of rotatable bonds is 2. The fraction of sp³-hybridized carbons (Fsp3) is 0.533. The van der Waals surface area contributed by atoms with Crippen LogP contribution in [0, 0.1) is 0 Å². The van der Waals surface area contributed by atoms with E-state index >= 15 is 0 Å². The van der Waals surface area contributed by atoms with E-state index in [0.717, 1.165) is 11.4 Å². The quantitative estimate of drug-likeness (QED) is 0.751. The molecule has 0 bridgehead atoms. The number of thioether (sulfide) groups is 1. The van der Waals surface area contributed by atoms with Gasteiger partial charge in [0.15, 0.2) is 9.84 Å². The van der Waals surface area contributed by atoms with Crippen LogP contribution in [0.25, 0.3) is 0 Å². The minimum absolute atomic E-state index is 0.00701. The first-order chi connectivity index (χ1) is 10.5. The van der Waals surface area contributed by atoms with E-state index in [0.29, 0.717) is 25.2 Å². The number of piperazine rings is 1. The Morgan fingerprint density at radius 3 is 2.77 bits per heavy atom. The van der Waals surface area contributed by atoms with Gasteiger partial charge in [0.25, 0.3) is 5.91 Å². The lowest BCUT2D eigenvalue weighted by molar-refractivity contribution is 0.0518. The molecule has 0 spiro atoms. The molecule has 0 radical (unpaired) electrons. The van der Waals surface area contributed by atoms with E-state index in [-0.39, 0.29) is 23.5 Å². The Morgan fingerprint density at radius 1 is 1.23 bits per heavy atom. The van der Waals surface area contributed by atoms with Crippen LogP contribution in [0.5, 0.6) is 0 Å². The molecule has 0 aliphatic carbocycles. The zero-order valence-corrected chi connectivity index (χ0v) is 14.2. The van der Waals surface area contributed by atoms with Gasteiger partial charge in [0.2, 0.25) is 0 Å². The van der Waals surface area contributed by atoms with Crippen LogP contribution >= 0.6 is 11.8 Å². The Balaban J connectivity index is 1.77. The Bertz CT molecular complexity index is 675. The van der Waals surface area contributed by atoms with Crippen molar-refractivity contribution in [1.29, 1.82) is 0 Å². The highest BCUT2D eigenvalue weighted by Gasteiger charge is 2.36. The van der Waals surface area contributed by atoms with Crippen molar-refractivity contribution in [3.05, 3.63) is 29.8 Å². The summed E-state index contributed by atoms with van der Waals surface area (Å²) < 4.78 is 23.6. The summed E-state index contributed by atoms with van der Waals surface area (Å²) in [6.07, 6.45) is 1.96. The van der Waals surface area contributed by atoms with Gasteiger partial charge in [-0.15, -0.1) is 11.8 Å². The van der Waals surface area contributed by atoms with Gasteiger partial charge in [-0.1, -0.05) is 12.1 Å². The average Bonchev–Trinajstić information content (AvgIpc) is 2.52. The Labute approximate surface area is 135 Å². The molecule has 3 rings (SSSR count). The van der Waals surface area contributed by atoms with Crippen LogP contribution in [-0.2, 0) is 9.84 Å². The van der Waals surface area contributed by atoms with Crippen LogP contribution in [0.2, 0.25) is 0 Å². The number of hydrogen-bond donors (Lipinski definition) is 0. The van der Waals surface area contributed by atoms with Crippen LogP contribution in [0.4, 0.5) is 0 Å². The summed E-state index contributed by atoms with van der Waals surface area (Å²) in [6, 6.07) is 7.53. The Kier molecular flexibility index (Phi) is 4.47. The third-order valence-corrected chi connectivity index (χ3v) is 6.86. The predicted octanol–water partition coefficient (Wildman–Crippen LogP) is 0.963. The molecule has 2 aliphatic heterocycles. The summed E-state index contributed by atoms with van der Waals surface area (Å²) in [4.78, 5) is 17.7. The van der Waals surface area contributed by atoms with Crippen molar-refractivity contribution < 1.29 is 13.2 Å². The summed E-state index contributed by atoms with van der Waals surface area (Å²) in [7, 11) is -2.96. The third kappa shape index (κ3) is 3.16. The highest BCUT2D eigenvalue weighted by molar-refractivity contribution is 7.98. The van der Waals surface area contributed by atoms with E-state index in [1.165, 1.54) is 0 Å². The second-order valence-corrected chi connectivity index (χ2v) is 8.83. The summed E-state index contributed by atoms with van der Waals surface area (Å²) >= 11 is 1.56. The first kappa shape index (κ1) is 15.8. The van der Waals surface area contributed by atoms with E-state index in [4.69, 9.17) is 0 Å². The fourth-order valence-electron chi connectivity index (χ4n) is 3.15. The van der Waals surface area contributed by atoms with Gasteiger partial charge in [-0.25, -0.2) is 8.42 Å². The first-order valence-electron chi connectivity index (χ1n) is 7.37. The molecule has 1 unspecified atom stereocenters. The third-order valence-electron chi connectivity index (χ3n) is 4.37. The van der Waals surface area contributed by atoms with Crippen LogP contribution in [0.3, 0.4) is 0 Å². The molecule has 1 aromatic rings. The number of benzene rings is 1. The molecule has 2 fully saturated rings. The fourth-order valence-corrected chi connectivity index (χ4v) is 5.33. The topological polar surface area (TPSA) is 57.7 Å². The Morgan fingerprint density at radius 2 is 2.00 bits per heavy atom. The Hall–Kier alpha value is -1.05. The highest BCUT2D eigenvalue weighted by atomic mass is 32.2. The minimum Gasteiger partial charge on any atom is -0.336 e. The van der Waals surface area contributed by atoms with Gasteiger partial charge in [0.05, 0.1) is 17.1 Å². The maximum atomic E-state index is 12.8. The molecule has 1 aromatic carbocycles. The van der Waals surface area contributed by atoms with Crippen molar-refractivity contribution in [2.24, 2.45) is 0 Å². The molecule has 22 heavy (non-hydrogen) atoms. The molecule has 0 N–H and O–H groups in total. The van der Waals surface area contributed by atoms with Crippen molar-refractivity contribution in [2.45, 2.75) is 10.9 Å². The predicted molar refractivity (Wildman–Crippen MR) is 88.1 cm³/mol. The normalized spacial score (nSPS) is 24.8. The van der Waals surface area contributed by atoms with Crippen molar-refractivity contribution in [1.82, 2.24) is 9.80 Å². The number of amides is 1. The summed E-state index contributed by atoms with van der Waals surface area (Å²) in [5.41, 5.74) is 0.710. The van der Waals surface area contributed by atoms with Gasteiger partial charge in [0, 0.05) is 37.1 Å². The largest absolute Gasteiger partial charge is 0.336 e. The van der Waals surface area contributed by atoms with Crippen LogP contribution in [0.1, 0.15) is 10.4 Å². The van der Waals surface area contributed by atoms with E-state index in [1.807, 2.05) is 30.5 Å². The molecule has 1 amide bonds. The van der Waals surface area contributed by atoms with Crippen LogP contribution in [0.15, 0.2) is 29.2 Å². The van der Waals surface area contributed by atoms with Crippen molar-refractivity contribution in [3.63, 3.8) is 0 Å². The SMILES string of the molecule is CSc1ccccc1C(=O)N1CCN2CCS(=O)(=O)CC2C1. The van der Waals surface area contributed by atoms with Crippen molar-refractivity contribution >= 4 is 27.5 Å². The molecule has 0 saturated carbocycles. The number of hydrogen-bond acceptors (Lipinski definition) is 5. The van der Waals surface area contributed by atoms with E-state index < -0.39 is 9.84 Å². The maximum absolute atomic E-state index is 12.8. The van der Waals surface area contributed by atoms with Crippen LogP contribution in [-0.4, -0.2) is 74.1 Å². The number of carbonyl (C=O) groups excluding carboxylic acids is 1. The highest BCUT2D eigenvalue weighted by Crippen LogP contribution is 2.24. The van der Waals surface area contributed by atoms with Gasteiger partial charge < -0.3 is 4.90 Å². The van der Waals surface area contributed by atoms with Crippen molar-refractivity contribution in [3.8, 4) is 0 Å². The van der Waals surface area contributed by atoms with Gasteiger partial charge in [-0.3, -0.25) is 9.69 Å². The lowest BCUT2D eigenvalue weighted by Crippen LogP contribution is -2.60. The number of sulfone groups is 1. The van der Waals surface area contributed by atoms with Gasteiger partial charge in [-0.05, 0) is 18.4 Å². The lowest BCUT2D eigenvalue weighted by atomic mass is 10.1. The molecule has 1 atom stereocenters. The standard InChI is InChI=1S/C15H20N2O3S2/c1-21-14-5-3-2-4-13(14)15(18)17-7-6-16-8-9-22(19,20)11-12(16)10-17/h2-5,12H,6-11H2,1H3. The monoisotopic (exact) mass is 340 g/mol. The lowest BCUT2D eigenvalue weighted by Gasteiger charge is -2.43. The second-order valence-electron chi connectivity index (χ2n) is 5.76. The van der Waals surface area contributed by atoms with E-state index in [2.05, 4.69) is 4.90 Å². The summed E-state index contributed by atoms with van der Waals surface area (Å²) in [6.45, 7) is 2.52. The molecule has 2 aliphatic rings. The minimum atomic E-state index is -2.96. The summed E-state index contributed by atoms with van der Waals surface area (Å²) in [5.74, 6) is 0.417. The van der Waals surface area contributed by atoms with E-state index in [1.54, 1.807) is 16.7 Å². The number of nitrogens with zero attached hydrogens (tertiary/aromatic N) is 2. The zero-order chi connectivity index (χ0) is 15.7. The average molecular weight is 340 g/mol. The zero-order valence-electron chi connectivity index (χ0n) is 12.6.